The molecule has 0 saturated carbocycles. The van der Waals surface area contributed by atoms with Gasteiger partial charge in [-0.3, -0.25) is 9.59 Å². The van der Waals surface area contributed by atoms with Crippen LogP contribution >= 0.6 is 23.2 Å². The van der Waals surface area contributed by atoms with Crippen LogP contribution in [0.3, 0.4) is 0 Å². The lowest BCUT2D eigenvalue weighted by Crippen LogP contribution is -2.32. The predicted octanol–water partition coefficient (Wildman–Crippen LogP) is 6.78. The predicted molar refractivity (Wildman–Crippen MR) is 146 cm³/mol. The van der Waals surface area contributed by atoms with Crippen LogP contribution in [0.4, 0.5) is 10.5 Å². The Morgan fingerprint density at radius 1 is 0.895 bits per heavy atom. The molecule has 38 heavy (non-hydrogen) atoms. The van der Waals surface area contributed by atoms with Gasteiger partial charge in [0, 0.05) is 23.4 Å². The third kappa shape index (κ3) is 8.68. The van der Waals surface area contributed by atoms with E-state index in [2.05, 4.69) is 10.6 Å². The highest BCUT2D eigenvalue weighted by Gasteiger charge is 2.17. The van der Waals surface area contributed by atoms with Crippen molar-refractivity contribution in [3.05, 3.63) is 87.4 Å². The molecule has 0 atom stereocenters. The van der Waals surface area contributed by atoms with Gasteiger partial charge in [-0.1, -0.05) is 29.3 Å². The first-order valence-electron chi connectivity index (χ1n) is 11.6. The molecule has 0 aliphatic rings. The number of esters is 1. The van der Waals surface area contributed by atoms with Crippen molar-refractivity contribution >= 4 is 46.9 Å². The van der Waals surface area contributed by atoms with Crippen LogP contribution in [0, 0.1) is 0 Å². The monoisotopic (exact) mass is 558 g/mol. The van der Waals surface area contributed by atoms with E-state index in [0.717, 1.165) is 0 Å². The van der Waals surface area contributed by atoms with Crippen LogP contribution in [0.1, 0.15) is 42.3 Å². The number of amides is 2. The molecule has 8 nitrogen and oxygen atoms in total. The van der Waals surface area contributed by atoms with Gasteiger partial charge in [0.2, 0.25) is 0 Å². The number of methoxy groups -OCH3 is 1. The van der Waals surface area contributed by atoms with Crippen molar-refractivity contribution in [2.75, 3.05) is 12.4 Å². The second-order valence-electron chi connectivity index (χ2n) is 9.26. The summed E-state index contributed by atoms with van der Waals surface area (Å²) in [6.07, 6.45) is -0.507. The van der Waals surface area contributed by atoms with Gasteiger partial charge in [-0.2, -0.15) is 0 Å². The summed E-state index contributed by atoms with van der Waals surface area (Å²) in [5.41, 5.74) is 1.61. The number of benzene rings is 3. The van der Waals surface area contributed by atoms with Gasteiger partial charge in [0.15, 0.2) is 0 Å². The van der Waals surface area contributed by atoms with Crippen molar-refractivity contribution in [3.8, 4) is 11.5 Å². The fourth-order valence-corrected chi connectivity index (χ4v) is 3.57. The number of alkyl carbamates (subject to hydrolysis) is 1. The summed E-state index contributed by atoms with van der Waals surface area (Å²) in [4.78, 5) is 36.4. The third-order valence-electron chi connectivity index (χ3n) is 5.04. The molecule has 0 spiro atoms. The second kappa shape index (κ2) is 12.7. The van der Waals surface area contributed by atoms with Crippen LogP contribution < -0.4 is 15.4 Å². The molecule has 0 saturated heterocycles. The summed E-state index contributed by atoms with van der Waals surface area (Å²) in [5, 5.41) is 6.15. The fourth-order valence-electron chi connectivity index (χ4n) is 3.27. The molecule has 0 aliphatic carbocycles. The summed E-state index contributed by atoms with van der Waals surface area (Å²) >= 11 is 11.9. The normalized spacial score (nSPS) is 10.9. The molecule has 0 unspecified atom stereocenters. The van der Waals surface area contributed by atoms with Gasteiger partial charge < -0.3 is 24.8 Å². The molecule has 0 heterocycles. The average Bonchev–Trinajstić information content (AvgIpc) is 2.85. The molecular formula is C28H28Cl2N2O6. The minimum Gasteiger partial charge on any atom is -0.469 e. The van der Waals surface area contributed by atoms with E-state index in [0.29, 0.717) is 38.9 Å². The van der Waals surface area contributed by atoms with Gasteiger partial charge in [-0.25, -0.2) is 4.79 Å². The van der Waals surface area contributed by atoms with Gasteiger partial charge in [-0.15, -0.1) is 0 Å². The smallest absolute Gasteiger partial charge is 0.407 e. The lowest BCUT2D eigenvalue weighted by molar-refractivity contribution is -0.139. The zero-order valence-corrected chi connectivity index (χ0v) is 22.9. The van der Waals surface area contributed by atoms with Crippen LogP contribution in [0.5, 0.6) is 11.5 Å². The van der Waals surface area contributed by atoms with Crippen molar-refractivity contribution in [2.45, 2.75) is 39.3 Å². The number of carbonyl (C=O) groups is 3. The van der Waals surface area contributed by atoms with E-state index in [9.17, 15) is 14.4 Å². The Bertz CT molecular complexity index is 1320. The van der Waals surface area contributed by atoms with Crippen LogP contribution in [0.25, 0.3) is 0 Å². The Balaban J connectivity index is 1.73. The molecule has 0 aromatic heterocycles. The number of halogens is 2. The summed E-state index contributed by atoms with van der Waals surface area (Å²) in [6.45, 7) is 5.43. The largest absolute Gasteiger partial charge is 0.469 e. The third-order valence-corrected chi connectivity index (χ3v) is 5.78. The fraction of sp³-hybridized carbons (Fsp3) is 0.250. The lowest BCUT2D eigenvalue weighted by atomic mass is 10.1. The SMILES string of the molecule is COC(=O)Cc1ccc(Oc2ccc(NC(=O)c3ccc(Cl)c(Cl)c3)cc2)c(CNC(=O)OC(C)(C)C)c1. The number of anilines is 1. The average molecular weight is 559 g/mol. The molecule has 2 amide bonds. The van der Waals surface area contributed by atoms with Crippen molar-refractivity contribution in [1.29, 1.82) is 0 Å². The van der Waals surface area contributed by atoms with Crippen molar-refractivity contribution in [1.82, 2.24) is 5.32 Å². The van der Waals surface area contributed by atoms with Crippen LogP contribution in [0.15, 0.2) is 60.7 Å². The van der Waals surface area contributed by atoms with E-state index < -0.39 is 11.7 Å². The van der Waals surface area contributed by atoms with Gasteiger partial charge in [-0.05, 0) is 80.9 Å². The Kier molecular flexibility index (Phi) is 9.61. The van der Waals surface area contributed by atoms with Gasteiger partial charge in [0.25, 0.3) is 5.91 Å². The first kappa shape index (κ1) is 28.8. The summed E-state index contributed by atoms with van der Waals surface area (Å²) in [5.74, 6) is 0.246. The molecule has 0 aliphatic heterocycles. The van der Waals surface area contributed by atoms with Crippen molar-refractivity contribution < 1.29 is 28.6 Å². The lowest BCUT2D eigenvalue weighted by Gasteiger charge is -2.20. The number of hydrogen-bond donors (Lipinski definition) is 2. The van der Waals surface area contributed by atoms with Crippen LogP contribution in [-0.2, 0) is 27.2 Å². The summed E-state index contributed by atoms with van der Waals surface area (Å²) in [7, 11) is 1.32. The number of nitrogens with one attached hydrogen (secondary N) is 2. The summed E-state index contributed by atoms with van der Waals surface area (Å²) < 4.78 is 16.1. The maximum Gasteiger partial charge on any atom is 0.407 e. The Morgan fingerprint density at radius 2 is 1.61 bits per heavy atom. The Labute approximate surface area is 231 Å². The number of rotatable bonds is 8. The minimum absolute atomic E-state index is 0.0729. The molecule has 200 valence electrons. The maximum absolute atomic E-state index is 12.5. The first-order valence-corrected chi connectivity index (χ1v) is 12.4. The van der Waals surface area contributed by atoms with E-state index in [-0.39, 0.29) is 29.9 Å². The van der Waals surface area contributed by atoms with E-state index in [1.807, 2.05) is 0 Å². The van der Waals surface area contributed by atoms with E-state index in [1.54, 1.807) is 75.4 Å². The topological polar surface area (TPSA) is 103 Å². The zero-order valence-electron chi connectivity index (χ0n) is 21.4. The molecule has 10 heteroatoms. The highest BCUT2D eigenvalue weighted by atomic mass is 35.5. The molecule has 0 radical (unpaired) electrons. The molecule has 0 fully saturated rings. The standard InChI is InChI=1S/C28H28Cl2N2O6/c1-28(2,3)38-27(35)31-16-19-13-17(14-25(33)36-4)5-12-24(19)37-21-9-7-20(8-10-21)32-26(34)18-6-11-22(29)23(30)15-18/h5-13,15H,14,16H2,1-4H3,(H,31,35)(H,32,34). The zero-order chi connectivity index (χ0) is 27.9. The highest BCUT2D eigenvalue weighted by Crippen LogP contribution is 2.28. The van der Waals surface area contributed by atoms with Gasteiger partial charge in [0.1, 0.15) is 17.1 Å². The quantitative estimate of drug-likeness (QED) is 0.295. The van der Waals surface area contributed by atoms with Crippen molar-refractivity contribution in [2.24, 2.45) is 0 Å². The molecule has 3 aromatic rings. The number of ether oxygens (including phenoxy) is 3. The second-order valence-corrected chi connectivity index (χ2v) is 10.1. The van der Waals surface area contributed by atoms with E-state index in [4.69, 9.17) is 37.4 Å². The highest BCUT2D eigenvalue weighted by molar-refractivity contribution is 6.42. The van der Waals surface area contributed by atoms with E-state index >= 15 is 0 Å². The van der Waals surface area contributed by atoms with E-state index in [1.165, 1.54) is 13.2 Å². The Hall–Kier alpha value is -3.75. The Morgan fingerprint density at radius 3 is 2.24 bits per heavy atom. The maximum atomic E-state index is 12.5. The molecule has 0 bridgehead atoms. The first-order chi connectivity index (χ1) is 17.9. The minimum atomic E-state index is -0.646. The molecule has 2 N–H and O–H groups in total. The van der Waals surface area contributed by atoms with Crippen molar-refractivity contribution in [3.63, 3.8) is 0 Å². The van der Waals surface area contributed by atoms with Crippen LogP contribution in [0.2, 0.25) is 10.0 Å². The molecule has 3 rings (SSSR count). The number of carbonyl (C=O) groups excluding carboxylic acids is 3. The molecule has 3 aromatic carbocycles. The number of hydrogen-bond acceptors (Lipinski definition) is 6. The van der Waals surface area contributed by atoms with Crippen LogP contribution in [-0.4, -0.2) is 30.7 Å². The molecular weight excluding hydrogens is 531 g/mol. The van der Waals surface area contributed by atoms with Gasteiger partial charge >= 0.3 is 12.1 Å². The van der Waals surface area contributed by atoms with Gasteiger partial charge in [0.05, 0.1) is 23.6 Å². The summed E-state index contributed by atoms with van der Waals surface area (Å²) in [6, 6.07) is 16.6.